The van der Waals surface area contributed by atoms with Gasteiger partial charge in [0.15, 0.2) is 6.54 Å². The van der Waals surface area contributed by atoms with Gasteiger partial charge in [-0.25, -0.2) is 0 Å². The molecule has 1 aromatic carbocycles. The summed E-state index contributed by atoms with van der Waals surface area (Å²) in [5.74, 6) is 0.620. The lowest BCUT2D eigenvalue weighted by Gasteiger charge is -2.21. The van der Waals surface area contributed by atoms with Crippen molar-refractivity contribution in [2.24, 2.45) is 0 Å². The first-order valence-corrected chi connectivity index (χ1v) is 10.6. The number of nitrogen functional groups attached to an aromatic ring is 1. The topological polar surface area (TPSA) is 95.6 Å². The van der Waals surface area contributed by atoms with E-state index in [-0.39, 0.29) is 36.1 Å². The summed E-state index contributed by atoms with van der Waals surface area (Å²) in [5.41, 5.74) is 9.25. The number of fused-ring (bicyclic) bond motifs is 1. The molecule has 0 saturated carbocycles. The third-order valence-corrected chi connectivity index (χ3v) is 5.03. The number of benzene rings is 1. The second-order valence-corrected chi connectivity index (χ2v) is 8.68. The molecule has 0 aliphatic carbocycles. The second kappa shape index (κ2) is 10.7. The first-order chi connectivity index (χ1) is 14.7. The number of aromatic nitrogens is 4. The number of methoxy groups -OCH3 is 1. The summed E-state index contributed by atoms with van der Waals surface area (Å²) in [6, 6.07) is 9.49. The van der Waals surface area contributed by atoms with Gasteiger partial charge < -0.3 is 27.6 Å². The fraction of sp³-hybridized carbons (Fsp3) is 0.478. The lowest BCUT2D eigenvalue weighted by Crippen LogP contribution is -3.00. The van der Waals surface area contributed by atoms with Gasteiger partial charge in [-0.3, -0.25) is 4.79 Å². The smallest absolute Gasteiger partial charge is 0.355 e. The maximum absolute atomic E-state index is 13.1. The van der Waals surface area contributed by atoms with Gasteiger partial charge in [0.1, 0.15) is 0 Å². The minimum Gasteiger partial charge on any atom is -1.00 e. The molecular weight excluding hydrogens is 430 g/mol. The molecule has 2 N–H and O–H groups in total. The lowest BCUT2D eigenvalue weighted by molar-refractivity contribution is -0.714. The van der Waals surface area contributed by atoms with Crippen LogP contribution in [0.25, 0.3) is 5.65 Å². The molecule has 0 aliphatic heterocycles. The average molecular weight is 462 g/mol. The van der Waals surface area contributed by atoms with E-state index in [1.807, 2.05) is 18.2 Å². The Morgan fingerprint density at radius 2 is 1.97 bits per heavy atom. The number of ketones is 1. The minimum absolute atomic E-state index is 0. The van der Waals surface area contributed by atoms with Gasteiger partial charge in [0.2, 0.25) is 5.78 Å². The van der Waals surface area contributed by atoms with Crippen molar-refractivity contribution in [3.8, 4) is 5.88 Å². The van der Waals surface area contributed by atoms with Crippen LogP contribution < -0.4 is 27.6 Å². The highest BCUT2D eigenvalue weighted by Gasteiger charge is 2.24. The summed E-state index contributed by atoms with van der Waals surface area (Å²) in [6.07, 6.45) is 1.99. The van der Waals surface area contributed by atoms with Crippen molar-refractivity contribution in [3.05, 3.63) is 47.0 Å². The van der Waals surface area contributed by atoms with Crippen LogP contribution in [0.2, 0.25) is 0 Å². The zero-order valence-electron chi connectivity index (χ0n) is 19.4. The molecule has 9 heteroatoms. The highest BCUT2D eigenvalue weighted by Crippen LogP contribution is 2.25. The van der Waals surface area contributed by atoms with E-state index in [0.717, 1.165) is 24.0 Å². The molecule has 174 valence electrons. The molecule has 0 bridgehead atoms. The standard InChI is InChI=1S/C23H32N5O3.ClH/c1-6-7-10-31-20-8-9-21-27(26-22(24)28(21)25-20)14-19(29)17-11-16(15-30-5)12-18(13-17)23(2,3)4;/h8-9,11-13H,6-7,10,14-15H2,1-5H3,(H2,24,26);1H/q+1;/p-1. The molecule has 0 radical (unpaired) electrons. The molecule has 0 saturated heterocycles. The molecule has 3 aromatic rings. The summed E-state index contributed by atoms with van der Waals surface area (Å²) in [5, 5.41) is 8.71. The van der Waals surface area contributed by atoms with E-state index in [1.54, 1.807) is 17.9 Å². The van der Waals surface area contributed by atoms with Gasteiger partial charge in [-0.15, -0.1) is 4.68 Å². The molecule has 3 rings (SSSR count). The van der Waals surface area contributed by atoms with Crippen LogP contribution in [0.15, 0.2) is 30.3 Å². The van der Waals surface area contributed by atoms with Crippen LogP contribution in [0, 0.1) is 0 Å². The number of nitrogens with two attached hydrogens (primary N) is 1. The first-order valence-electron chi connectivity index (χ1n) is 10.6. The van der Waals surface area contributed by atoms with E-state index in [2.05, 4.69) is 44.0 Å². The monoisotopic (exact) mass is 461 g/mol. The number of Topliss-reactive ketones (excluding diaryl/α,β-unsaturated/α-hetero) is 1. The van der Waals surface area contributed by atoms with Gasteiger partial charge in [-0.2, -0.15) is 0 Å². The lowest BCUT2D eigenvalue weighted by atomic mass is 9.84. The number of carbonyl (C=O) groups excluding carboxylic acids is 1. The average Bonchev–Trinajstić information content (AvgIpc) is 3.02. The maximum Gasteiger partial charge on any atom is 0.355 e. The van der Waals surface area contributed by atoms with Crippen LogP contribution in [0.1, 0.15) is 62.0 Å². The highest BCUT2D eigenvalue weighted by atomic mass is 35.5. The highest BCUT2D eigenvalue weighted by molar-refractivity contribution is 5.95. The van der Waals surface area contributed by atoms with Crippen LogP contribution in [0.5, 0.6) is 5.88 Å². The molecule has 0 spiro atoms. The molecule has 0 unspecified atom stereocenters. The first kappa shape index (κ1) is 25.5. The van der Waals surface area contributed by atoms with E-state index < -0.39 is 0 Å². The Hall–Kier alpha value is -2.71. The van der Waals surface area contributed by atoms with Gasteiger partial charge in [0.05, 0.1) is 13.2 Å². The summed E-state index contributed by atoms with van der Waals surface area (Å²) in [6.45, 7) is 9.56. The van der Waals surface area contributed by atoms with Gasteiger partial charge in [0, 0.05) is 24.8 Å². The van der Waals surface area contributed by atoms with Crippen LogP contribution in [0.4, 0.5) is 5.95 Å². The number of anilines is 1. The molecule has 2 aromatic heterocycles. The fourth-order valence-electron chi connectivity index (χ4n) is 3.26. The molecule has 2 heterocycles. The third kappa shape index (κ3) is 5.95. The zero-order valence-corrected chi connectivity index (χ0v) is 20.1. The van der Waals surface area contributed by atoms with Crippen molar-refractivity contribution in [1.29, 1.82) is 0 Å². The molecule has 0 atom stereocenters. The van der Waals surface area contributed by atoms with E-state index in [1.165, 1.54) is 4.52 Å². The fourth-order valence-corrected chi connectivity index (χ4v) is 3.26. The van der Waals surface area contributed by atoms with Crippen molar-refractivity contribution in [2.45, 2.75) is 59.1 Å². The number of hydrogen-bond acceptors (Lipinski definition) is 6. The predicted octanol–water partition coefficient (Wildman–Crippen LogP) is 0.109. The maximum atomic E-state index is 13.1. The van der Waals surface area contributed by atoms with Gasteiger partial charge in [0.25, 0.3) is 5.88 Å². The quantitative estimate of drug-likeness (QED) is 0.276. The molecule has 0 fully saturated rings. The van der Waals surface area contributed by atoms with Crippen molar-refractivity contribution in [3.63, 3.8) is 0 Å². The largest absolute Gasteiger partial charge is 1.00 e. The van der Waals surface area contributed by atoms with Crippen LogP contribution >= 0.6 is 0 Å². The normalized spacial score (nSPS) is 11.4. The minimum atomic E-state index is -0.0877. The van der Waals surface area contributed by atoms with Crippen LogP contribution in [-0.4, -0.2) is 34.2 Å². The summed E-state index contributed by atoms with van der Waals surface area (Å²) in [4.78, 5) is 13.1. The summed E-state index contributed by atoms with van der Waals surface area (Å²) >= 11 is 0. The Bertz CT molecular complexity index is 1080. The Labute approximate surface area is 195 Å². The Morgan fingerprint density at radius 1 is 1.22 bits per heavy atom. The third-order valence-electron chi connectivity index (χ3n) is 5.03. The number of ether oxygens (including phenoxy) is 2. The number of unbranched alkanes of at least 4 members (excludes halogenated alkanes) is 1. The Morgan fingerprint density at radius 3 is 2.62 bits per heavy atom. The van der Waals surface area contributed by atoms with Crippen molar-refractivity contribution in [2.75, 3.05) is 19.5 Å². The molecular formula is C23H32ClN5O3. The SMILES string of the molecule is CCCCOc1ccc2n(n1)c(N)n[n+]2CC(=O)c1cc(COC)cc(C(C)(C)C)c1.[Cl-]. The number of nitrogens with zero attached hydrogens (tertiary/aromatic N) is 4. The van der Waals surface area contributed by atoms with Crippen LogP contribution in [0.3, 0.4) is 0 Å². The molecule has 32 heavy (non-hydrogen) atoms. The van der Waals surface area contributed by atoms with Gasteiger partial charge in [-0.05, 0) is 45.3 Å². The van der Waals surface area contributed by atoms with Crippen molar-refractivity contribution >= 4 is 17.4 Å². The van der Waals surface area contributed by atoms with E-state index >= 15 is 0 Å². The van der Waals surface area contributed by atoms with Crippen LogP contribution in [-0.2, 0) is 23.3 Å². The van der Waals surface area contributed by atoms with Crippen molar-refractivity contribution < 1.29 is 31.4 Å². The summed E-state index contributed by atoms with van der Waals surface area (Å²) < 4.78 is 14.0. The van der Waals surface area contributed by atoms with E-state index in [0.29, 0.717) is 30.3 Å². The van der Waals surface area contributed by atoms with E-state index in [9.17, 15) is 4.79 Å². The van der Waals surface area contributed by atoms with Gasteiger partial charge in [-0.1, -0.05) is 44.7 Å². The summed E-state index contributed by atoms with van der Waals surface area (Å²) in [7, 11) is 1.65. The Kier molecular flexibility index (Phi) is 8.58. The van der Waals surface area contributed by atoms with Gasteiger partial charge >= 0.3 is 11.6 Å². The molecule has 0 amide bonds. The number of hydrogen-bond donors (Lipinski definition) is 1. The van der Waals surface area contributed by atoms with E-state index in [4.69, 9.17) is 15.2 Å². The molecule has 8 nitrogen and oxygen atoms in total. The molecule has 0 aliphatic rings. The predicted molar refractivity (Wildman–Crippen MR) is 118 cm³/mol. The number of rotatable bonds is 9. The second-order valence-electron chi connectivity index (χ2n) is 8.68. The number of halogens is 1. The Balaban J connectivity index is 0.00000363. The van der Waals surface area contributed by atoms with Crippen molar-refractivity contribution in [1.82, 2.24) is 14.7 Å². The number of carbonyl (C=O) groups is 1. The zero-order chi connectivity index (χ0) is 22.6.